The van der Waals surface area contributed by atoms with Gasteiger partial charge in [0.15, 0.2) is 0 Å². The third kappa shape index (κ3) is 3.63. The van der Waals surface area contributed by atoms with E-state index in [9.17, 15) is 4.79 Å². The average molecular weight is 510 g/mol. The summed E-state index contributed by atoms with van der Waals surface area (Å²) in [7, 11) is 0. The maximum atomic E-state index is 12.1. The van der Waals surface area contributed by atoms with Crippen molar-refractivity contribution in [1.29, 1.82) is 0 Å². The minimum Gasteiger partial charge on any atom is -0.489 e. The number of alkyl halides is 1. The largest absolute Gasteiger partial charge is 0.489 e. The van der Waals surface area contributed by atoms with Crippen molar-refractivity contribution in [3.05, 3.63) is 39.0 Å². The van der Waals surface area contributed by atoms with Crippen LogP contribution in [-0.4, -0.2) is 12.4 Å². The summed E-state index contributed by atoms with van der Waals surface area (Å²) in [5.41, 5.74) is 3.56. The van der Waals surface area contributed by atoms with Gasteiger partial charge in [0.25, 0.3) is 0 Å². The van der Waals surface area contributed by atoms with Gasteiger partial charge in [-0.1, -0.05) is 78.1 Å². The Kier molecular flexibility index (Phi) is 5.39. The molecular formula is C17H20I2O2. The van der Waals surface area contributed by atoms with Gasteiger partial charge in [-0.25, -0.2) is 0 Å². The van der Waals surface area contributed by atoms with Gasteiger partial charge in [-0.05, 0) is 33.6 Å². The molecule has 0 fully saturated rings. The first-order valence-corrected chi connectivity index (χ1v) is 9.45. The van der Waals surface area contributed by atoms with Crippen molar-refractivity contribution in [2.75, 3.05) is 6.61 Å². The Hall–Kier alpha value is -0.110. The Labute approximate surface area is 154 Å². The van der Waals surface area contributed by atoms with Crippen molar-refractivity contribution < 1.29 is 9.53 Å². The highest BCUT2D eigenvalue weighted by atomic mass is 127. The number of carbonyl (C=O) groups excluding carboxylic acids is 1. The van der Waals surface area contributed by atoms with Gasteiger partial charge in [-0.3, -0.25) is 4.79 Å². The van der Waals surface area contributed by atoms with Crippen LogP contribution in [0.1, 0.15) is 42.7 Å². The fourth-order valence-electron chi connectivity index (χ4n) is 2.55. The van der Waals surface area contributed by atoms with Crippen molar-refractivity contribution in [1.82, 2.24) is 0 Å². The summed E-state index contributed by atoms with van der Waals surface area (Å²) in [6.07, 6.45) is 0. The van der Waals surface area contributed by atoms with Gasteiger partial charge in [0.1, 0.15) is 18.1 Å². The smallest absolute Gasteiger partial charge is 0.138 e. The lowest BCUT2D eigenvalue weighted by Crippen LogP contribution is -2.20. The molecule has 1 heterocycles. The molecule has 1 aliphatic heterocycles. The number of halogens is 2. The van der Waals surface area contributed by atoms with Crippen LogP contribution in [0.15, 0.2) is 27.9 Å². The topological polar surface area (TPSA) is 26.3 Å². The minimum absolute atomic E-state index is 0.0886. The molecule has 0 spiro atoms. The number of hydrogen-bond acceptors (Lipinski definition) is 2. The van der Waals surface area contributed by atoms with Gasteiger partial charge in [-0.2, -0.15) is 0 Å². The predicted octanol–water partition coefficient (Wildman–Crippen LogP) is 5.38. The lowest BCUT2D eigenvalue weighted by molar-refractivity contribution is -0.119. The lowest BCUT2D eigenvalue weighted by Gasteiger charge is -2.23. The first kappa shape index (κ1) is 17.2. The molecule has 21 heavy (non-hydrogen) atoms. The van der Waals surface area contributed by atoms with E-state index in [4.69, 9.17) is 4.74 Å². The molecule has 1 aromatic rings. The summed E-state index contributed by atoms with van der Waals surface area (Å²) in [6.45, 7) is 8.77. The molecule has 2 nitrogen and oxygen atoms in total. The van der Waals surface area contributed by atoms with Crippen LogP contribution in [0.25, 0.3) is 0 Å². The molecule has 0 aromatic heterocycles. The number of hydrogen-bond donors (Lipinski definition) is 0. The Balaban J connectivity index is 2.55. The zero-order valence-corrected chi connectivity index (χ0v) is 17.1. The Morgan fingerprint density at radius 1 is 1.38 bits per heavy atom. The van der Waals surface area contributed by atoms with Crippen LogP contribution in [0.4, 0.5) is 0 Å². The summed E-state index contributed by atoms with van der Waals surface area (Å²) in [5, 5.41) is 0. The Morgan fingerprint density at radius 2 is 2.05 bits per heavy atom. The highest BCUT2D eigenvalue weighted by Crippen LogP contribution is 2.45. The molecule has 2 unspecified atom stereocenters. The average Bonchev–Trinajstić information content (AvgIpc) is 2.54. The fraction of sp³-hybridized carbons (Fsp3) is 0.471. The molecule has 0 N–H and O–H groups in total. The van der Waals surface area contributed by atoms with Crippen LogP contribution in [0.2, 0.25) is 0 Å². The third-order valence-corrected chi connectivity index (χ3v) is 6.03. The van der Waals surface area contributed by atoms with Gasteiger partial charge in [-0.15, -0.1) is 0 Å². The molecule has 0 aliphatic carbocycles. The number of carbonyl (C=O) groups is 1. The second-order valence-corrected chi connectivity index (χ2v) is 8.43. The molecule has 0 saturated carbocycles. The number of ether oxygens (including phenoxy) is 1. The van der Waals surface area contributed by atoms with Gasteiger partial charge >= 0.3 is 0 Å². The first-order valence-electron chi connectivity index (χ1n) is 6.96. The van der Waals surface area contributed by atoms with Crippen LogP contribution in [0.5, 0.6) is 5.75 Å². The highest BCUT2D eigenvalue weighted by molar-refractivity contribution is 14.1. The molecule has 0 bridgehead atoms. The second-order valence-electron chi connectivity index (χ2n) is 6.47. The maximum absolute atomic E-state index is 12.1. The summed E-state index contributed by atoms with van der Waals surface area (Å²) < 4.78 is 8.04. The van der Waals surface area contributed by atoms with Crippen molar-refractivity contribution >= 4 is 51.0 Å². The molecule has 0 amide bonds. The van der Waals surface area contributed by atoms with E-state index < -0.39 is 0 Å². The fourth-order valence-corrected chi connectivity index (χ4v) is 4.57. The van der Waals surface area contributed by atoms with Crippen LogP contribution >= 0.6 is 45.2 Å². The quantitative estimate of drug-likeness (QED) is 0.375. The second kappa shape index (κ2) is 6.56. The number of benzene rings is 1. The zero-order valence-electron chi connectivity index (χ0n) is 12.7. The molecule has 1 aliphatic rings. The van der Waals surface area contributed by atoms with E-state index >= 15 is 0 Å². The molecule has 114 valence electrons. The van der Waals surface area contributed by atoms with E-state index in [1.165, 1.54) is 5.56 Å². The van der Waals surface area contributed by atoms with Gasteiger partial charge < -0.3 is 4.74 Å². The van der Waals surface area contributed by atoms with Crippen LogP contribution in [0.3, 0.4) is 0 Å². The van der Waals surface area contributed by atoms with Crippen molar-refractivity contribution in [2.45, 2.75) is 37.0 Å². The van der Waals surface area contributed by atoms with Gasteiger partial charge in [0.05, 0.1) is 9.84 Å². The summed E-state index contributed by atoms with van der Waals surface area (Å²) >= 11 is 4.59. The van der Waals surface area contributed by atoms with E-state index in [1.807, 2.05) is 4.08 Å². The Morgan fingerprint density at radius 3 is 2.57 bits per heavy atom. The van der Waals surface area contributed by atoms with E-state index in [2.05, 4.69) is 84.2 Å². The van der Waals surface area contributed by atoms with Crippen LogP contribution < -0.4 is 4.74 Å². The first-order chi connectivity index (χ1) is 9.75. The molecule has 2 atom stereocenters. The normalized spacial score (nSPS) is 24.2. The summed E-state index contributed by atoms with van der Waals surface area (Å²) in [6, 6.07) is 6.39. The van der Waals surface area contributed by atoms with Crippen molar-refractivity contribution in [3.63, 3.8) is 0 Å². The van der Waals surface area contributed by atoms with Crippen LogP contribution in [0, 0.1) is 5.92 Å². The predicted molar refractivity (Wildman–Crippen MR) is 104 cm³/mol. The van der Waals surface area contributed by atoms with Crippen molar-refractivity contribution in [3.8, 4) is 5.75 Å². The van der Waals surface area contributed by atoms with Gasteiger partial charge in [0.2, 0.25) is 0 Å². The van der Waals surface area contributed by atoms with E-state index in [0.717, 1.165) is 16.9 Å². The third-order valence-electron chi connectivity index (χ3n) is 3.84. The van der Waals surface area contributed by atoms with E-state index in [0.29, 0.717) is 6.61 Å². The molecular weight excluding hydrogens is 490 g/mol. The maximum Gasteiger partial charge on any atom is 0.138 e. The van der Waals surface area contributed by atoms with E-state index in [1.54, 1.807) is 6.92 Å². The zero-order chi connectivity index (χ0) is 15.8. The van der Waals surface area contributed by atoms with Crippen LogP contribution in [-0.2, 0) is 10.2 Å². The number of fused-ring (bicyclic) bond motifs is 1. The molecule has 4 heteroatoms. The molecule has 0 saturated heterocycles. The molecule has 1 aromatic carbocycles. The van der Waals surface area contributed by atoms with E-state index in [-0.39, 0.29) is 21.0 Å². The SMILES string of the molecule is CC(=O)C1/C(=C/I)COc2ccc(C(C)(C)C)cc2C1I. The summed E-state index contributed by atoms with van der Waals surface area (Å²) in [4.78, 5) is 12.1. The monoisotopic (exact) mass is 510 g/mol. The van der Waals surface area contributed by atoms with Gasteiger partial charge in [0, 0.05) is 5.56 Å². The summed E-state index contributed by atoms with van der Waals surface area (Å²) in [5.74, 6) is 1.01. The number of rotatable bonds is 1. The Bertz CT molecular complexity index is 585. The van der Waals surface area contributed by atoms with Crippen molar-refractivity contribution in [2.24, 2.45) is 5.92 Å². The standard InChI is InChI=1S/C17H20I2O2/c1-10(20)15-11(8-18)9-21-14-6-5-12(17(2,3)4)7-13(14)16(15)19/h5-8,15-16H,9H2,1-4H3/b11-8+. The highest BCUT2D eigenvalue weighted by Gasteiger charge is 2.33. The number of Topliss-reactive ketones (excluding diaryl/α,β-unsaturated/α-hetero) is 1. The minimum atomic E-state index is -0.0982. The number of ketones is 1. The molecule has 0 radical (unpaired) electrons. The lowest BCUT2D eigenvalue weighted by atomic mass is 9.84. The molecule has 2 rings (SSSR count).